The molecule has 0 amide bonds. The van der Waals surface area contributed by atoms with Crippen LogP contribution < -0.4 is 5.56 Å². The molecule has 1 N–H and O–H groups in total. The van der Waals surface area contributed by atoms with Gasteiger partial charge in [0.1, 0.15) is 5.82 Å². The fraction of sp³-hybridized carbons (Fsp3) is 0.467. The van der Waals surface area contributed by atoms with E-state index in [1.165, 1.54) is 12.0 Å². The number of H-pyrrole nitrogens is 1. The fourth-order valence-corrected chi connectivity index (χ4v) is 3.55. The summed E-state index contributed by atoms with van der Waals surface area (Å²) in [6.45, 7) is 4.97. The molecule has 1 aliphatic heterocycles. The van der Waals surface area contributed by atoms with Gasteiger partial charge in [0.15, 0.2) is 0 Å². The van der Waals surface area contributed by atoms with Crippen molar-refractivity contribution in [3.8, 4) is 0 Å². The molecule has 0 unspecified atom stereocenters. The van der Waals surface area contributed by atoms with Gasteiger partial charge in [-0.3, -0.25) is 9.69 Å². The molecular formula is C15H19N3OS. The summed E-state index contributed by atoms with van der Waals surface area (Å²) in [7, 11) is 0. The number of nitrogens with one attached hydrogen (secondary N) is 1. The standard InChI is InChI=1S/C15H19N3OS/c1-11-16-14(7-15(19)17-11)13-3-2-5-18(9-13)8-12-4-6-20-10-12/h4,6-7,10,13H,2-3,5,8-9H2,1H3,(H,16,17,19)/t13-/m1/s1. The van der Waals surface area contributed by atoms with Gasteiger partial charge in [0.25, 0.3) is 5.56 Å². The lowest BCUT2D eigenvalue weighted by Gasteiger charge is -2.32. The molecular weight excluding hydrogens is 270 g/mol. The van der Waals surface area contributed by atoms with Gasteiger partial charge in [-0.1, -0.05) is 0 Å². The van der Waals surface area contributed by atoms with Crippen molar-refractivity contribution in [2.75, 3.05) is 13.1 Å². The zero-order chi connectivity index (χ0) is 13.9. The van der Waals surface area contributed by atoms with Crippen molar-refractivity contribution in [3.05, 3.63) is 50.3 Å². The van der Waals surface area contributed by atoms with E-state index < -0.39 is 0 Å². The molecule has 3 heterocycles. The maximum atomic E-state index is 11.6. The van der Waals surface area contributed by atoms with E-state index >= 15 is 0 Å². The number of aromatic nitrogens is 2. The number of hydrogen-bond donors (Lipinski definition) is 1. The van der Waals surface area contributed by atoms with Crippen LogP contribution in [-0.4, -0.2) is 28.0 Å². The Bertz CT molecular complexity index is 620. The average molecular weight is 289 g/mol. The molecule has 0 spiro atoms. The molecule has 4 nitrogen and oxygen atoms in total. The Kier molecular flexibility index (Phi) is 3.98. The van der Waals surface area contributed by atoms with Crippen LogP contribution in [0.1, 0.15) is 35.8 Å². The van der Waals surface area contributed by atoms with Crippen LogP contribution in [0.2, 0.25) is 0 Å². The first-order chi connectivity index (χ1) is 9.70. The largest absolute Gasteiger partial charge is 0.311 e. The van der Waals surface area contributed by atoms with Crippen LogP contribution in [0.3, 0.4) is 0 Å². The number of piperidine rings is 1. The Morgan fingerprint density at radius 1 is 1.55 bits per heavy atom. The number of likely N-dealkylation sites (tertiary alicyclic amines) is 1. The van der Waals surface area contributed by atoms with Crippen molar-refractivity contribution in [3.63, 3.8) is 0 Å². The summed E-state index contributed by atoms with van der Waals surface area (Å²) in [5.41, 5.74) is 2.29. The van der Waals surface area contributed by atoms with Crippen LogP contribution in [0.4, 0.5) is 0 Å². The molecule has 2 aromatic heterocycles. The van der Waals surface area contributed by atoms with E-state index in [-0.39, 0.29) is 5.56 Å². The number of aryl methyl sites for hydroxylation is 1. The van der Waals surface area contributed by atoms with Gasteiger partial charge in [0, 0.05) is 25.1 Å². The Morgan fingerprint density at radius 2 is 2.45 bits per heavy atom. The third-order valence-corrected chi connectivity index (χ3v) is 4.52. The fourth-order valence-electron chi connectivity index (χ4n) is 2.89. The van der Waals surface area contributed by atoms with Gasteiger partial charge in [0.05, 0.1) is 5.69 Å². The summed E-state index contributed by atoms with van der Waals surface area (Å²) in [5, 5.41) is 4.33. The van der Waals surface area contributed by atoms with Crippen LogP contribution in [-0.2, 0) is 6.54 Å². The number of rotatable bonds is 3. The van der Waals surface area contributed by atoms with Gasteiger partial charge < -0.3 is 4.98 Å². The third kappa shape index (κ3) is 3.16. The highest BCUT2D eigenvalue weighted by molar-refractivity contribution is 7.07. The molecule has 1 aliphatic rings. The molecule has 0 bridgehead atoms. The minimum absolute atomic E-state index is 0.0394. The monoisotopic (exact) mass is 289 g/mol. The van der Waals surface area contributed by atoms with Gasteiger partial charge in [0.2, 0.25) is 0 Å². The molecule has 0 aromatic carbocycles. The van der Waals surface area contributed by atoms with Crippen molar-refractivity contribution in [1.29, 1.82) is 0 Å². The predicted molar refractivity (Wildman–Crippen MR) is 81.2 cm³/mol. The zero-order valence-corrected chi connectivity index (χ0v) is 12.4. The van der Waals surface area contributed by atoms with E-state index in [1.807, 2.05) is 6.92 Å². The van der Waals surface area contributed by atoms with Gasteiger partial charge >= 0.3 is 0 Å². The number of hydrogen-bond acceptors (Lipinski definition) is 4. The quantitative estimate of drug-likeness (QED) is 0.944. The molecule has 20 heavy (non-hydrogen) atoms. The maximum Gasteiger partial charge on any atom is 0.251 e. The van der Waals surface area contributed by atoms with E-state index in [0.29, 0.717) is 11.7 Å². The first-order valence-electron chi connectivity index (χ1n) is 7.02. The predicted octanol–water partition coefficient (Wildman–Crippen LogP) is 2.52. The molecule has 1 fully saturated rings. The first kappa shape index (κ1) is 13.5. The summed E-state index contributed by atoms with van der Waals surface area (Å²) < 4.78 is 0. The topological polar surface area (TPSA) is 49.0 Å². The molecule has 0 radical (unpaired) electrons. The lowest BCUT2D eigenvalue weighted by Crippen LogP contribution is -2.34. The Balaban J connectivity index is 1.72. The van der Waals surface area contributed by atoms with Crippen molar-refractivity contribution >= 4 is 11.3 Å². The van der Waals surface area contributed by atoms with Gasteiger partial charge in [-0.05, 0) is 48.7 Å². The Hall–Kier alpha value is -1.46. The molecule has 0 aliphatic carbocycles. The normalized spacial score (nSPS) is 20.1. The SMILES string of the molecule is Cc1nc([C@@H]2CCCN(Cc3ccsc3)C2)cc(=O)[nH]1. The highest BCUT2D eigenvalue weighted by Crippen LogP contribution is 2.26. The van der Waals surface area contributed by atoms with Crippen molar-refractivity contribution in [1.82, 2.24) is 14.9 Å². The van der Waals surface area contributed by atoms with E-state index in [2.05, 4.69) is 31.7 Å². The highest BCUT2D eigenvalue weighted by atomic mass is 32.1. The molecule has 5 heteroatoms. The smallest absolute Gasteiger partial charge is 0.251 e. The molecule has 1 atom stereocenters. The van der Waals surface area contributed by atoms with Crippen molar-refractivity contribution in [2.45, 2.75) is 32.2 Å². The lowest BCUT2D eigenvalue weighted by atomic mass is 9.94. The van der Waals surface area contributed by atoms with Crippen molar-refractivity contribution < 1.29 is 0 Å². The van der Waals surface area contributed by atoms with Crippen molar-refractivity contribution in [2.24, 2.45) is 0 Å². The number of aromatic amines is 1. The summed E-state index contributed by atoms with van der Waals surface area (Å²) in [6, 6.07) is 3.84. The highest BCUT2D eigenvalue weighted by Gasteiger charge is 2.23. The first-order valence-corrected chi connectivity index (χ1v) is 7.96. The summed E-state index contributed by atoms with van der Waals surface area (Å²) in [5.74, 6) is 1.09. The van der Waals surface area contributed by atoms with Gasteiger partial charge in [-0.15, -0.1) is 0 Å². The second kappa shape index (κ2) is 5.89. The second-order valence-electron chi connectivity index (χ2n) is 5.46. The van der Waals surface area contributed by atoms with E-state index in [9.17, 15) is 4.79 Å². The summed E-state index contributed by atoms with van der Waals surface area (Å²) in [6.07, 6.45) is 2.29. The van der Waals surface area contributed by atoms with Gasteiger partial charge in [-0.25, -0.2) is 4.98 Å². The number of nitrogens with zero attached hydrogens (tertiary/aromatic N) is 2. The van der Waals surface area contributed by atoms with Crippen LogP contribution in [0.5, 0.6) is 0 Å². The van der Waals surface area contributed by atoms with Crippen LogP contribution in [0.15, 0.2) is 27.7 Å². The van der Waals surface area contributed by atoms with E-state index in [4.69, 9.17) is 0 Å². The Morgan fingerprint density at radius 3 is 3.20 bits per heavy atom. The summed E-state index contributed by atoms with van der Waals surface area (Å²) >= 11 is 1.74. The Labute approximate surface area is 122 Å². The van der Waals surface area contributed by atoms with E-state index in [1.54, 1.807) is 17.4 Å². The summed E-state index contributed by atoms with van der Waals surface area (Å²) in [4.78, 5) is 21.3. The minimum atomic E-state index is -0.0394. The average Bonchev–Trinajstić information content (AvgIpc) is 2.91. The minimum Gasteiger partial charge on any atom is -0.311 e. The number of thiophene rings is 1. The van der Waals surface area contributed by atoms with Gasteiger partial charge in [-0.2, -0.15) is 11.3 Å². The zero-order valence-electron chi connectivity index (χ0n) is 11.6. The van der Waals surface area contributed by atoms with Crippen LogP contribution in [0.25, 0.3) is 0 Å². The van der Waals surface area contributed by atoms with Crippen LogP contribution in [0, 0.1) is 6.92 Å². The van der Waals surface area contributed by atoms with E-state index in [0.717, 1.165) is 31.7 Å². The van der Waals surface area contributed by atoms with Crippen LogP contribution >= 0.6 is 11.3 Å². The molecule has 0 saturated carbocycles. The molecule has 2 aromatic rings. The maximum absolute atomic E-state index is 11.6. The lowest BCUT2D eigenvalue weighted by molar-refractivity contribution is 0.198. The molecule has 106 valence electrons. The molecule has 3 rings (SSSR count). The molecule has 1 saturated heterocycles. The third-order valence-electron chi connectivity index (χ3n) is 3.79. The second-order valence-corrected chi connectivity index (χ2v) is 6.24.